The van der Waals surface area contributed by atoms with Crippen LogP contribution in [0.2, 0.25) is 0 Å². The van der Waals surface area contributed by atoms with Gasteiger partial charge in [-0.1, -0.05) is 0 Å². The van der Waals surface area contributed by atoms with E-state index < -0.39 is 12.1 Å². The summed E-state index contributed by atoms with van der Waals surface area (Å²) in [5.41, 5.74) is 0.581. The predicted molar refractivity (Wildman–Crippen MR) is 58.5 cm³/mol. The quantitative estimate of drug-likeness (QED) is 0.687. The molecule has 0 aliphatic heterocycles. The Morgan fingerprint density at radius 2 is 2.41 bits per heavy atom. The van der Waals surface area contributed by atoms with Gasteiger partial charge in [-0.15, -0.1) is 0 Å². The van der Waals surface area contributed by atoms with Crippen LogP contribution in [0.1, 0.15) is 37.1 Å². The van der Waals surface area contributed by atoms with Gasteiger partial charge in [0.2, 0.25) is 0 Å². The highest BCUT2D eigenvalue weighted by molar-refractivity contribution is 5.73. The number of imidazole rings is 1. The van der Waals surface area contributed by atoms with Crippen molar-refractivity contribution in [2.45, 2.75) is 31.4 Å². The lowest BCUT2D eigenvalue weighted by Crippen LogP contribution is -2.19. The molecule has 0 bridgehead atoms. The highest BCUT2D eigenvalue weighted by Gasteiger charge is 2.31. The zero-order valence-electron chi connectivity index (χ0n) is 9.45. The van der Waals surface area contributed by atoms with Gasteiger partial charge in [0.25, 0.3) is 0 Å². The van der Waals surface area contributed by atoms with Gasteiger partial charge in [0.05, 0.1) is 24.8 Å². The molecule has 0 saturated heterocycles. The number of carbonyl (C=O) groups is 1. The summed E-state index contributed by atoms with van der Waals surface area (Å²) in [4.78, 5) is 15.1. The molecule has 0 radical (unpaired) electrons. The molecule has 2 rings (SSSR count). The molecular formula is C11H16N2O4. The van der Waals surface area contributed by atoms with E-state index in [0.29, 0.717) is 18.2 Å². The van der Waals surface area contributed by atoms with E-state index in [1.165, 1.54) is 6.20 Å². The van der Waals surface area contributed by atoms with Gasteiger partial charge in [-0.3, -0.25) is 0 Å². The van der Waals surface area contributed by atoms with Gasteiger partial charge in [0.15, 0.2) is 6.10 Å². The molecule has 0 spiro atoms. The number of aliphatic hydroxyl groups is 1. The molecule has 1 aliphatic rings. The van der Waals surface area contributed by atoms with Gasteiger partial charge < -0.3 is 19.5 Å². The molecule has 17 heavy (non-hydrogen) atoms. The number of nitrogens with zero attached hydrogens (tertiary/aromatic N) is 2. The molecule has 1 unspecified atom stereocenters. The van der Waals surface area contributed by atoms with Crippen molar-refractivity contribution in [3.05, 3.63) is 18.2 Å². The Labute approximate surface area is 98.8 Å². The zero-order chi connectivity index (χ0) is 12.3. The Hall–Kier alpha value is -1.40. The van der Waals surface area contributed by atoms with Crippen LogP contribution >= 0.6 is 0 Å². The molecule has 94 valence electrons. The standard InChI is InChI=1S/C11H16N2O4/c14-4-1-5-17-10(11(15)16)9-6-12-7-13(9)8-2-3-8/h6-8,10,14H,1-5H2,(H,15,16). The minimum atomic E-state index is -1.02. The smallest absolute Gasteiger partial charge is 0.339 e. The van der Waals surface area contributed by atoms with Crippen molar-refractivity contribution in [3.8, 4) is 0 Å². The number of aliphatic hydroxyl groups excluding tert-OH is 1. The molecule has 1 heterocycles. The normalized spacial score (nSPS) is 17.0. The summed E-state index contributed by atoms with van der Waals surface area (Å²) in [7, 11) is 0. The van der Waals surface area contributed by atoms with Gasteiger partial charge in [0.1, 0.15) is 0 Å². The molecule has 1 fully saturated rings. The third-order valence-electron chi connectivity index (χ3n) is 2.72. The molecular weight excluding hydrogens is 224 g/mol. The van der Waals surface area contributed by atoms with Crippen molar-refractivity contribution in [2.75, 3.05) is 13.2 Å². The Kier molecular flexibility index (Phi) is 3.75. The Morgan fingerprint density at radius 1 is 1.65 bits per heavy atom. The third kappa shape index (κ3) is 2.83. The number of aromatic nitrogens is 2. The van der Waals surface area contributed by atoms with Crippen molar-refractivity contribution >= 4 is 5.97 Å². The Balaban J connectivity index is 2.08. The molecule has 6 nitrogen and oxygen atoms in total. The second-order valence-electron chi connectivity index (χ2n) is 4.12. The molecule has 1 aromatic heterocycles. The molecule has 1 aliphatic carbocycles. The van der Waals surface area contributed by atoms with Crippen molar-refractivity contribution in [2.24, 2.45) is 0 Å². The van der Waals surface area contributed by atoms with E-state index >= 15 is 0 Å². The fourth-order valence-electron chi connectivity index (χ4n) is 1.72. The third-order valence-corrected chi connectivity index (χ3v) is 2.72. The van der Waals surface area contributed by atoms with Crippen molar-refractivity contribution in [1.82, 2.24) is 9.55 Å². The fraction of sp³-hybridized carbons (Fsp3) is 0.636. The maximum absolute atomic E-state index is 11.2. The maximum Gasteiger partial charge on any atom is 0.339 e. The Morgan fingerprint density at radius 3 is 3.00 bits per heavy atom. The Bertz CT molecular complexity index is 387. The van der Waals surface area contributed by atoms with Crippen LogP contribution in [0.25, 0.3) is 0 Å². The molecule has 1 aromatic rings. The highest BCUT2D eigenvalue weighted by Crippen LogP contribution is 2.37. The van der Waals surface area contributed by atoms with Crippen LogP contribution in [0.5, 0.6) is 0 Å². The molecule has 1 atom stereocenters. The average Bonchev–Trinajstić information content (AvgIpc) is 3.03. The summed E-state index contributed by atoms with van der Waals surface area (Å²) in [6.45, 7) is 0.220. The van der Waals surface area contributed by atoms with E-state index in [1.54, 1.807) is 6.33 Å². The lowest BCUT2D eigenvalue weighted by molar-refractivity contribution is -0.151. The summed E-state index contributed by atoms with van der Waals surface area (Å²) in [5.74, 6) is -1.02. The van der Waals surface area contributed by atoms with Crippen LogP contribution in [-0.2, 0) is 9.53 Å². The van der Waals surface area contributed by atoms with Gasteiger partial charge in [-0.05, 0) is 19.3 Å². The van der Waals surface area contributed by atoms with Crippen LogP contribution in [0.15, 0.2) is 12.5 Å². The average molecular weight is 240 g/mol. The van der Waals surface area contributed by atoms with Gasteiger partial charge in [-0.25, -0.2) is 9.78 Å². The van der Waals surface area contributed by atoms with Crippen LogP contribution < -0.4 is 0 Å². The molecule has 0 amide bonds. The number of carboxylic acid groups (broad SMARTS) is 1. The zero-order valence-corrected chi connectivity index (χ0v) is 9.45. The van der Waals surface area contributed by atoms with E-state index in [4.69, 9.17) is 14.9 Å². The van der Waals surface area contributed by atoms with Gasteiger partial charge in [0, 0.05) is 12.6 Å². The molecule has 1 saturated carbocycles. The van der Waals surface area contributed by atoms with Crippen LogP contribution in [0.4, 0.5) is 0 Å². The predicted octanol–water partition coefficient (Wildman–Crippen LogP) is 0.743. The molecule has 6 heteroatoms. The summed E-state index contributed by atoms with van der Waals surface area (Å²) < 4.78 is 7.16. The summed E-state index contributed by atoms with van der Waals surface area (Å²) in [5, 5.41) is 17.8. The summed E-state index contributed by atoms with van der Waals surface area (Å²) in [6.07, 6.45) is 4.75. The minimum Gasteiger partial charge on any atom is -0.479 e. The number of carboxylic acids is 1. The fourth-order valence-corrected chi connectivity index (χ4v) is 1.72. The SMILES string of the molecule is O=C(O)C(OCCCO)c1cncn1C1CC1. The van der Waals surface area contributed by atoms with Gasteiger partial charge >= 0.3 is 5.97 Å². The first kappa shape index (κ1) is 12.1. The van der Waals surface area contributed by atoms with Crippen molar-refractivity contribution in [1.29, 1.82) is 0 Å². The van der Waals surface area contributed by atoms with Gasteiger partial charge in [-0.2, -0.15) is 0 Å². The lowest BCUT2D eigenvalue weighted by atomic mass is 10.2. The van der Waals surface area contributed by atoms with Crippen molar-refractivity contribution < 1.29 is 19.7 Å². The topological polar surface area (TPSA) is 84.6 Å². The van der Waals surface area contributed by atoms with E-state index in [-0.39, 0.29) is 13.2 Å². The monoisotopic (exact) mass is 240 g/mol. The largest absolute Gasteiger partial charge is 0.479 e. The minimum absolute atomic E-state index is 0.00573. The number of aliphatic carboxylic acids is 1. The number of hydrogen-bond acceptors (Lipinski definition) is 4. The summed E-state index contributed by atoms with van der Waals surface area (Å²) in [6, 6.07) is 0.371. The summed E-state index contributed by atoms with van der Waals surface area (Å²) >= 11 is 0. The van der Waals surface area contributed by atoms with E-state index in [0.717, 1.165) is 12.8 Å². The highest BCUT2D eigenvalue weighted by atomic mass is 16.5. The second-order valence-corrected chi connectivity index (χ2v) is 4.12. The first-order valence-corrected chi connectivity index (χ1v) is 5.71. The molecule has 2 N–H and O–H groups in total. The van der Waals surface area contributed by atoms with E-state index in [9.17, 15) is 4.79 Å². The van der Waals surface area contributed by atoms with Crippen molar-refractivity contribution in [3.63, 3.8) is 0 Å². The van der Waals surface area contributed by atoms with E-state index in [1.807, 2.05) is 4.57 Å². The van der Waals surface area contributed by atoms with Crippen LogP contribution in [0, 0.1) is 0 Å². The lowest BCUT2D eigenvalue weighted by Gasteiger charge is -2.15. The number of hydrogen-bond donors (Lipinski definition) is 2. The maximum atomic E-state index is 11.2. The van der Waals surface area contributed by atoms with E-state index in [2.05, 4.69) is 4.98 Å². The van der Waals surface area contributed by atoms with Crippen LogP contribution in [-0.4, -0.2) is 38.9 Å². The second kappa shape index (κ2) is 5.29. The molecule has 0 aromatic carbocycles. The first-order chi connectivity index (χ1) is 8.24. The number of rotatable bonds is 7. The first-order valence-electron chi connectivity index (χ1n) is 5.71. The van der Waals surface area contributed by atoms with Crippen LogP contribution in [0.3, 0.4) is 0 Å². The number of ether oxygens (including phenoxy) is 1.